The second kappa shape index (κ2) is 7.84. The molecular formula is C25H12F6. The summed E-state index contributed by atoms with van der Waals surface area (Å²) in [4.78, 5) is 0. The van der Waals surface area contributed by atoms with Crippen LogP contribution in [0.3, 0.4) is 0 Å². The first-order valence-corrected chi connectivity index (χ1v) is 9.09. The highest BCUT2D eigenvalue weighted by Gasteiger charge is 2.15. The molecule has 4 aromatic rings. The molecule has 0 N–H and O–H groups in total. The number of aryl methyl sites for hydroxylation is 1. The fourth-order valence-electron chi connectivity index (χ4n) is 3.25. The van der Waals surface area contributed by atoms with Gasteiger partial charge in [-0.15, -0.1) is 0 Å². The second-order valence-electron chi connectivity index (χ2n) is 6.97. The van der Waals surface area contributed by atoms with Gasteiger partial charge in [0, 0.05) is 16.5 Å². The van der Waals surface area contributed by atoms with Crippen molar-refractivity contribution in [2.45, 2.75) is 6.92 Å². The van der Waals surface area contributed by atoms with E-state index in [0.29, 0.717) is 11.1 Å². The van der Waals surface area contributed by atoms with E-state index in [2.05, 4.69) is 11.8 Å². The van der Waals surface area contributed by atoms with Gasteiger partial charge in [-0.05, 0) is 59.8 Å². The Balaban J connectivity index is 1.72. The van der Waals surface area contributed by atoms with E-state index >= 15 is 0 Å². The van der Waals surface area contributed by atoms with E-state index in [0.717, 1.165) is 24.3 Å². The van der Waals surface area contributed by atoms with Crippen LogP contribution in [-0.4, -0.2) is 0 Å². The van der Waals surface area contributed by atoms with Crippen molar-refractivity contribution < 1.29 is 26.3 Å². The number of rotatable bonds is 1. The van der Waals surface area contributed by atoms with Gasteiger partial charge in [-0.2, -0.15) is 0 Å². The van der Waals surface area contributed by atoms with E-state index in [9.17, 15) is 26.3 Å². The molecule has 0 aliphatic heterocycles. The first kappa shape index (κ1) is 20.5. The maximum Gasteiger partial charge on any atom is 0.195 e. The van der Waals surface area contributed by atoms with Crippen molar-refractivity contribution in [1.29, 1.82) is 0 Å². The lowest BCUT2D eigenvalue weighted by Crippen LogP contribution is -1.93. The maximum absolute atomic E-state index is 14.7. The fraction of sp³-hybridized carbons (Fsp3) is 0.0400. The van der Waals surface area contributed by atoms with Crippen LogP contribution in [0.2, 0.25) is 0 Å². The Morgan fingerprint density at radius 2 is 1.32 bits per heavy atom. The van der Waals surface area contributed by atoms with Crippen LogP contribution in [0.15, 0.2) is 54.6 Å². The summed E-state index contributed by atoms with van der Waals surface area (Å²) in [7, 11) is 0. The third-order valence-electron chi connectivity index (χ3n) is 4.77. The molecule has 0 saturated heterocycles. The molecule has 0 spiro atoms. The van der Waals surface area contributed by atoms with E-state index in [1.54, 1.807) is 6.92 Å². The summed E-state index contributed by atoms with van der Waals surface area (Å²) in [6.07, 6.45) is 0. The van der Waals surface area contributed by atoms with E-state index in [-0.39, 0.29) is 21.9 Å². The zero-order chi connectivity index (χ0) is 22.3. The Labute approximate surface area is 173 Å². The minimum atomic E-state index is -1.57. The van der Waals surface area contributed by atoms with Gasteiger partial charge in [0.1, 0.15) is 17.5 Å². The van der Waals surface area contributed by atoms with Gasteiger partial charge < -0.3 is 0 Å². The van der Waals surface area contributed by atoms with Crippen LogP contribution < -0.4 is 0 Å². The van der Waals surface area contributed by atoms with Crippen LogP contribution in [0.1, 0.15) is 16.7 Å². The van der Waals surface area contributed by atoms with Gasteiger partial charge in [0.15, 0.2) is 17.5 Å². The molecule has 0 amide bonds. The highest BCUT2D eigenvalue weighted by molar-refractivity contribution is 5.88. The van der Waals surface area contributed by atoms with E-state index in [1.807, 2.05) is 0 Å². The molecular weight excluding hydrogens is 414 g/mol. The van der Waals surface area contributed by atoms with Crippen molar-refractivity contribution >= 4 is 10.8 Å². The predicted molar refractivity (Wildman–Crippen MR) is 106 cm³/mol. The van der Waals surface area contributed by atoms with Crippen molar-refractivity contribution in [3.63, 3.8) is 0 Å². The van der Waals surface area contributed by atoms with E-state index in [1.165, 1.54) is 30.3 Å². The smallest absolute Gasteiger partial charge is 0.195 e. The van der Waals surface area contributed by atoms with Crippen molar-refractivity contribution in [1.82, 2.24) is 0 Å². The molecule has 0 aliphatic rings. The summed E-state index contributed by atoms with van der Waals surface area (Å²) < 4.78 is 83.2. The maximum atomic E-state index is 14.7. The predicted octanol–water partition coefficient (Wildman–Crippen LogP) is 7.05. The summed E-state index contributed by atoms with van der Waals surface area (Å²) in [5.74, 6) is -1.66. The highest BCUT2D eigenvalue weighted by atomic mass is 19.2. The Kier molecular flexibility index (Phi) is 5.20. The molecule has 31 heavy (non-hydrogen) atoms. The Morgan fingerprint density at radius 3 is 2.00 bits per heavy atom. The molecule has 0 bridgehead atoms. The Morgan fingerprint density at radius 1 is 0.613 bits per heavy atom. The van der Waals surface area contributed by atoms with Gasteiger partial charge in [0.2, 0.25) is 0 Å². The summed E-state index contributed by atoms with van der Waals surface area (Å²) >= 11 is 0. The minimum absolute atomic E-state index is 0.0717. The summed E-state index contributed by atoms with van der Waals surface area (Å²) in [6, 6.07) is 11.0. The van der Waals surface area contributed by atoms with Gasteiger partial charge in [-0.1, -0.05) is 30.0 Å². The van der Waals surface area contributed by atoms with Crippen LogP contribution in [0.25, 0.3) is 21.9 Å². The Bertz CT molecular complexity index is 1390. The average molecular weight is 426 g/mol. The number of halogens is 6. The molecule has 4 rings (SSSR count). The van der Waals surface area contributed by atoms with Crippen LogP contribution in [0, 0.1) is 53.7 Å². The zero-order valence-electron chi connectivity index (χ0n) is 16.0. The number of fused-ring (bicyclic) bond motifs is 1. The minimum Gasteiger partial charge on any atom is -0.206 e. The molecule has 0 aliphatic carbocycles. The zero-order valence-corrected chi connectivity index (χ0v) is 16.0. The van der Waals surface area contributed by atoms with Crippen molar-refractivity contribution in [3.8, 4) is 23.0 Å². The van der Waals surface area contributed by atoms with Crippen LogP contribution >= 0.6 is 0 Å². The van der Waals surface area contributed by atoms with E-state index in [4.69, 9.17) is 0 Å². The molecule has 0 heterocycles. The number of benzene rings is 4. The lowest BCUT2D eigenvalue weighted by molar-refractivity contribution is 0.453. The average Bonchev–Trinajstić information content (AvgIpc) is 2.71. The van der Waals surface area contributed by atoms with Crippen LogP contribution in [0.4, 0.5) is 26.3 Å². The lowest BCUT2D eigenvalue weighted by Gasteiger charge is -2.08. The molecule has 0 radical (unpaired) electrons. The molecule has 0 fully saturated rings. The summed E-state index contributed by atoms with van der Waals surface area (Å²) in [6.45, 7) is 1.55. The van der Waals surface area contributed by atoms with Crippen molar-refractivity contribution in [2.24, 2.45) is 0 Å². The van der Waals surface area contributed by atoms with E-state index < -0.39 is 40.5 Å². The van der Waals surface area contributed by atoms with Gasteiger partial charge in [0.25, 0.3) is 0 Å². The molecule has 0 unspecified atom stereocenters. The first-order chi connectivity index (χ1) is 14.7. The van der Waals surface area contributed by atoms with Crippen molar-refractivity contribution in [3.05, 3.63) is 106 Å². The summed E-state index contributed by atoms with van der Waals surface area (Å²) in [5.41, 5.74) is 0.603. The van der Waals surface area contributed by atoms with Crippen molar-refractivity contribution in [2.75, 3.05) is 0 Å². The molecule has 0 saturated carbocycles. The molecule has 0 atom stereocenters. The monoisotopic (exact) mass is 426 g/mol. The standard InChI is InChI=1S/C25H12F6/c1-13-8-20(26)19(21(27)9-13)6-3-14-2-5-17(22(28)10-14)15-4-7-18-16(11-15)12-23(29)25(31)24(18)30/h2,4-5,7-12H,1H3. The van der Waals surface area contributed by atoms with Gasteiger partial charge >= 0.3 is 0 Å². The van der Waals surface area contributed by atoms with Gasteiger partial charge in [0.05, 0.1) is 5.56 Å². The molecule has 4 aromatic carbocycles. The first-order valence-electron chi connectivity index (χ1n) is 9.09. The van der Waals surface area contributed by atoms with Crippen LogP contribution in [0.5, 0.6) is 0 Å². The fourth-order valence-corrected chi connectivity index (χ4v) is 3.25. The number of hydrogen-bond donors (Lipinski definition) is 0. The normalized spacial score (nSPS) is 10.8. The second-order valence-corrected chi connectivity index (χ2v) is 6.97. The SMILES string of the molecule is Cc1cc(F)c(C#Cc2ccc(-c3ccc4c(F)c(F)c(F)cc4c3)c(F)c2)c(F)c1. The largest absolute Gasteiger partial charge is 0.206 e. The molecule has 6 heteroatoms. The topological polar surface area (TPSA) is 0 Å². The quantitative estimate of drug-likeness (QED) is 0.174. The van der Waals surface area contributed by atoms with Gasteiger partial charge in [-0.3, -0.25) is 0 Å². The molecule has 154 valence electrons. The third-order valence-corrected chi connectivity index (χ3v) is 4.77. The lowest BCUT2D eigenvalue weighted by atomic mass is 9.99. The third kappa shape index (κ3) is 3.87. The summed E-state index contributed by atoms with van der Waals surface area (Å²) in [5, 5.41) is -0.0600. The molecule has 0 aromatic heterocycles. The van der Waals surface area contributed by atoms with Crippen LogP contribution in [-0.2, 0) is 0 Å². The Hall–Kier alpha value is -3.72. The highest BCUT2D eigenvalue weighted by Crippen LogP contribution is 2.30. The molecule has 0 nitrogen and oxygen atoms in total. The van der Waals surface area contributed by atoms with Gasteiger partial charge in [-0.25, -0.2) is 26.3 Å². The number of hydrogen-bond acceptors (Lipinski definition) is 0.